The van der Waals surface area contributed by atoms with E-state index in [-0.39, 0.29) is 12.3 Å². The molecule has 0 atom stereocenters. The van der Waals surface area contributed by atoms with Crippen molar-refractivity contribution in [2.75, 3.05) is 7.05 Å². The summed E-state index contributed by atoms with van der Waals surface area (Å²) >= 11 is 0. The average Bonchev–Trinajstić information content (AvgIpc) is 2.80. The first kappa shape index (κ1) is 16.2. The Balaban J connectivity index is 2.71. The largest absolute Gasteiger partial charge is 0.481 e. The smallest absolute Gasteiger partial charge is 0.310 e. The summed E-state index contributed by atoms with van der Waals surface area (Å²) in [7, 11) is 3.50. The van der Waals surface area contributed by atoms with Gasteiger partial charge >= 0.3 is 5.97 Å². The van der Waals surface area contributed by atoms with E-state index in [9.17, 15) is 14.7 Å². The molecule has 1 heterocycles. The minimum Gasteiger partial charge on any atom is -0.481 e. The number of rotatable bonds is 7. The van der Waals surface area contributed by atoms with Crippen LogP contribution in [0, 0.1) is 5.41 Å². The van der Waals surface area contributed by atoms with Crippen molar-refractivity contribution in [3.05, 3.63) is 18.0 Å². The van der Waals surface area contributed by atoms with Crippen LogP contribution in [-0.4, -0.2) is 38.7 Å². The molecule has 0 aromatic carbocycles. The highest BCUT2D eigenvalue weighted by Crippen LogP contribution is 2.31. The molecule has 0 aliphatic rings. The predicted molar refractivity (Wildman–Crippen MR) is 74.9 cm³/mol. The zero-order valence-electron chi connectivity index (χ0n) is 12.6. The van der Waals surface area contributed by atoms with Crippen LogP contribution in [0.1, 0.15) is 38.7 Å². The number of hydrogen-bond acceptors (Lipinski definition) is 3. The van der Waals surface area contributed by atoms with Gasteiger partial charge in [0.25, 0.3) is 0 Å². The molecule has 6 heteroatoms. The molecule has 0 spiro atoms. The Morgan fingerprint density at radius 2 is 2.00 bits per heavy atom. The molecule has 0 radical (unpaired) electrons. The SMILES string of the molecule is CCC(CC)(CC(=O)N(C)Cc1cnn(C)c1)C(=O)O. The van der Waals surface area contributed by atoms with Gasteiger partial charge in [-0.3, -0.25) is 14.3 Å². The Morgan fingerprint density at radius 1 is 1.40 bits per heavy atom. The first-order chi connectivity index (χ1) is 9.34. The van der Waals surface area contributed by atoms with Gasteiger partial charge in [0.2, 0.25) is 5.91 Å². The summed E-state index contributed by atoms with van der Waals surface area (Å²) in [5, 5.41) is 13.4. The Morgan fingerprint density at radius 3 is 2.40 bits per heavy atom. The maximum Gasteiger partial charge on any atom is 0.310 e. The monoisotopic (exact) mass is 281 g/mol. The number of carbonyl (C=O) groups is 2. The summed E-state index contributed by atoms with van der Waals surface area (Å²) in [5.74, 6) is -1.05. The fourth-order valence-electron chi connectivity index (χ4n) is 2.22. The molecule has 0 unspecified atom stereocenters. The second-order valence-corrected chi connectivity index (χ2v) is 5.24. The lowest BCUT2D eigenvalue weighted by atomic mass is 9.79. The number of carbonyl (C=O) groups excluding carboxylic acids is 1. The van der Waals surface area contributed by atoms with Crippen LogP contribution in [0.15, 0.2) is 12.4 Å². The van der Waals surface area contributed by atoms with Crippen LogP contribution < -0.4 is 0 Å². The van der Waals surface area contributed by atoms with Gasteiger partial charge in [0.05, 0.1) is 11.6 Å². The third-order valence-corrected chi connectivity index (χ3v) is 3.90. The van der Waals surface area contributed by atoms with Gasteiger partial charge in [-0.15, -0.1) is 0 Å². The minimum atomic E-state index is -0.958. The third kappa shape index (κ3) is 3.59. The van der Waals surface area contributed by atoms with E-state index in [1.807, 2.05) is 27.1 Å². The highest BCUT2D eigenvalue weighted by atomic mass is 16.4. The van der Waals surface area contributed by atoms with Gasteiger partial charge < -0.3 is 10.0 Å². The first-order valence-electron chi connectivity index (χ1n) is 6.79. The van der Waals surface area contributed by atoms with Crippen molar-refractivity contribution < 1.29 is 14.7 Å². The Labute approximate surface area is 119 Å². The predicted octanol–water partition coefficient (Wildman–Crippen LogP) is 1.66. The van der Waals surface area contributed by atoms with Gasteiger partial charge in [-0.25, -0.2) is 0 Å². The van der Waals surface area contributed by atoms with Crippen LogP contribution in [0.25, 0.3) is 0 Å². The van der Waals surface area contributed by atoms with Crippen molar-refractivity contribution in [3.8, 4) is 0 Å². The zero-order chi connectivity index (χ0) is 15.3. The van der Waals surface area contributed by atoms with Gasteiger partial charge in [0.1, 0.15) is 0 Å². The summed E-state index contributed by atoms with van der Waals surface area (Å²) < 4.78 is 1.67. The fraction of sp³-hybridized carbons (Fsp3) is 0.643. The highest BCUT2D eigenvalue weighted by molar-refractivity contribution is 5.84. The Bertz CT molecular complexity index is 478. The number of carboxylic acids is 1. The number of aliphatic carboxylic acids is 1. The second kappa shape index (κ2) is 6.54. The van der Waals surface area contributed by atoms with Gasteiger partial charge in [0, 0.05) is 38.8 Å². The summed E-state index contributed by atoms with van der Waals surface area (Å²) in [6.07, 6.45) is 4.48. The fourth-order valence-corrected chi connectivity index (χ4v) is 2.22. The summed E-state index contributed by atoms with van der Waals surface area (Å²) in [6.45, 7) is 4.06. The molecule has 1 amide bonds. The van der Waals surface area contributed by atoms with Crippen LogP contribution in [0.3, 0.4) is 0 Å². The molecule has 0 saturated heterocycles. The molecule has 0 bridgehead atoms. The number of amides is 1. The molecular weight excluding hydrogens is 258 g/mol. The lowest BCUT2D eigenvalue weighted by molar-refractivity contribution is -0.154. The molecule has 1 aromatic rings. The standard InChI is InChI=1S/C14H23N3O3/c1-5-14(6-2,13(19)20)7-12(18)16(3)9-11-8-15-17(4)10-11/h8,10H,5-7,9H2,1-4H3,(H,19,20). The van der Waals surface area contributed by atoms with Crippen LogP contribution >= 0.6 is 0 Å². The van der Waals surface area contributed by atoms with E-state index in [4.69, 9.17) is 0 Å². The molecule has 0 aliphatic heterocycles. The zero-order valence-corrected chi connectivity index (χ0v) is 12.6. The van der Waals surface area contributed by atoms with E-state index in [1.54, 1.807) is 22.8 Å². The lowest BCUT2D eigenvalue weighted by Gasteiger charge is -2.28. The summed E-state index contributed by atoms with van der Waals surface area (Å²) in [4.78, 5) is 25.2. The topological polar surface area (TPSA) is 75.4 Å². The second-order valence-electron chi connectivity index (χ2n) is 5.24. The van der Waals surface area contributed by atoms with Crippen LogP contribution in [0.5, 0.6) is 0 Å². The number of aromatic nitrogens is 2. The molecular formula is C14H23N3O3. The molecule has 0 aliphatic carbocycles. The molecule has 6 nitrogen and oxygen atoms in total. The molecule has 20 heavy (non-hydrogen) atoms. The van der Waals surface area contributed by atoms with Crippen molar-refractivity contribution >= 4 is 11.9 Å². The molecule has 1 rings (SSSR count). The van der Waals surface area contributed by atoms with Gasteiger partial charge in [0.15, 0.2) is 0 Å². The quantitative estimate of drug-likeness (QED) is 0.824. The molecule has 1 aromatic heterocycles. The maximum absolute atomic E-state index is 12.2. The van der Waals surface area contributed by atoms with E-state index in [2.05, 4.69) is 5.10 Å². The van der Waals surface area contributed by atoms with E-state index < -0.39 is 11.4 Å². The average molecular weight is 281 g/mol. The minimum absolute atomic E-state index is 0.0338. The molecule has 0 fully saturated rings. The van der Waals surface area contributed by atoms with Crippen molar-refractivity contribution in [2.24, 2.45) is 12.5 Å². The van der Waals surface area contributed by atoms with E-state index >= 15 is 0 Å². The lowest BCUT2D eigenvalue weighted by Crippen LogP contribution is -2.37. The van der Waals surface area contributed by atoms with E-state index in [0.29, 0.717) is 19.4 Å². The molecule has 112 valence electrons. The van der Waals surface area contributed by atoms with Crippen molar-refractivity contribution in [1.29, 1.82) is 0 Å². The van der Waals surface area contributed by atoms with E-state index in [0.717, 1.165) is 5.56 Å². The molecule has 0 saturated carbocycles. The molecule has 1 N–H and O–H groups in total. The highest BCUT2D eigenvalue weighted by Gasteiger charge is 2.37. The number of aryl methyl sites for hydroxylation is 1. The van der Waals surface area contributed by atoms with Crippen molar-refractivity contribution in [1.82, 2.24) is 14.7 Å². The first-order valence-corrected chi connectivity index (χ1v) is 6.79. The number of hydrogen-bond donors (Lipinski definition) is 1. The van der Waals surface area contributed by atoms with Gasteiger partial charge in [-0.1, -0.05) is 13.8 Å². The number of carboxylic acid groups (broad SMARTS) is 1. The Kier molecular flexibility index (Phi) is 5.30. The van der Waals surface area contributed by atoms with Gasteiger partial charge in [-0.05, 0) is 12.8 Å². The summed E-state index contributed by atoms with van der Waals surface area (Å²) in [6, 6.07) is 0. The van der Waals surface area contributed by atoms with Crippen LogP contribution in [0.2, 0.25) is 0 Å². The van der Waals surface area contributed by atoms with E-state index in [1.165, 1.54) is 0 Å². The van der Waals surface area contributed by atoms with Crippen molar-refractivity contribution in [3.63, 3.8) is 0 Å². The maximum atomic E-state index is 12.2. The Hall–Kier alpha value is -1.85. The number of nitrogens with zero attached hydrogens (tertiary/aromatic N) is 3. The summed E-state index contributed by atoms with van der Waals surface area (Å²) in [5.41, 5.74) is -0.0300. The normalized spacial score (nSPS) is 11.4. The van der Waals surface area contributed by atoms with Gasteiger partial charge in [-0.2, -0.15) is 5.10 Å². The van der Waals surface area contributed by atoms with Crippen molar-refractivity contribution in [2.45, 2.75) is 39.7 Å². The van der Waals surface area contributed by atoms with Crippen LogP contribution in [0.4, 0.5) is 0 Å². The third-order valence-electron chi connectivity index (χ3n) is 3.90. The van der Waals surface area contributed by atoms with Crippen LogP contribution in [-0.2, 0) is 23.2 Å².